The summed E-state index contributed by atoms with van der Waals surface area (Å²) in [5, 5.41) is 1.05. The van der Waals surface area contributed by atoms with Crippen LogP contribution in [0.3, 0.4) is 0 Å². The van der Waals surface area contributed by atoms with Gasteiger partial charge in [0.05, 0.1) is 0 Å². The van der Waals surface area contributed by atoms with Crippen molar-refractivity contribution >= 4 is 34.5 Å². The minimum atomic E-state index is -3.71. The van der Waals surface area contributed by atoms with Crippen LogP contribution in [0.5, 0.6) is 0 Å². The molecule has 0 aliphatic carbocycles. The first-order valence-corrected chi connectivity index (χ1v) is 15.7. The average molecular weight is 413 g/mol. The van der Waals surface area contributed by atoms with Crippen molar-refractivity contribution in [3.8, 4) is 0 Å². The molecule has 3 aromatic rings. The van der Waals surface area contributed by atoms with Gasteiger partial charge in [-0.05, 0) is 0 Å². The third-order valence-electron chi connectivity index (χ3n) is 5.07. The summed E-state index contributed by atoms with van der Waals surface area (Å²) >= 11 is -3.71. The van der Waals surface area contributed by atoms with E-state index in [1.165, 1.54) is 25.9 Å². The van der Waals surface area contributed by atoms with E-state index in [1.807, 2.05) is 0 Å². The van der Waals surface area contributed by atoms with Crippen molar-refractivity contribution in [3.63, 3.8) is 0 Å². The molecule has 3 aromatic carbocycles. The molecule has 0 heterocycles. The predicted molar refractivity (Wildman–Crippen MR) is 114 cm³/mol. The summed E-state index contributed by atoms with van der Waals surface area (Å²) in [4.78, 5) is 0. The Balaban J connectivity index is 2.32. The predicted octanol–water partition coefficient (Wildman–Crippen LogP) is 5.04. The number of unbranched alkanes of at least 4 members (excludes halogenated alkanes) is 2. The van der Waals surface area contributed by atoms with Crippen molar-refractivity contribution in [2.75, 3.05) is 0 Å². The Morgan fingerprint density at radius 1 is 0.600 bits per heavy atom. The molecule has 0 aliphatic heterocycles. The zero-order chi connectivity index (χ0) is 17.6. The van der Waals surface area contributed by atoms with Crippen LogP contribution in [0.1, 0.15) is 26.2 Å². The van der Waals surface area contributed by atoms with E-state index in [1.54, 1.807) is 0 Å². The van der Waals surface area contributed by atoms with Crippen LogP contribution in [0.4, 0.5) is 0 Å². The summed E-state index contributed by atoms with van der Waals surface area (Å²) in [5.41, 5.74) is 0. The molecule has 0 aromatic heterocycles. The summed E-state index contributed by atoms with van der Waals surface area (Å²) in [5.74, 6) is 0. The number of hydrogen-bond donors (Lipinski definition) is 0. The molecule has 0 atom stereocenters. The fourth-order valence-corrected chi connectivity index (χ4v) is 16.3. The normalized spacial score (nSPS) is 13.1. The van der Waals surface area contributed by atoms with Crippen LogP contribution in [0, 0.1) is 0 Å². The van der Waals surface area contributed by atoms with Gasteiger partial charge in [0.15, 0.2) is 0 Å². The molecule has 0 nitrogen and oxygen atoms in total. The SMILES string of the molecule is CCCCC[As](Cl)(c1ccccc1)(c1ccccc1)c1ccccc1. The molecule has 0 spiro atoms. The number of rotatable bonds is 7. The van der Waals surface area contributed by atoms with Crippen LogP contribution in [-0.4, -0.2) is 11.5 Å². The molecule has 0 N–H and O–H groups in total. The first-order valence-electron chi connectivity index (χ1n) is 9.10. The van der Waals surface area contributed by atoms with E-state index in [2.05, 4.69) is 97.9 Å². The quantitative estimate of drug-likeness (QED) is 0.377. The Hall–Kier alpha value is -1.49. The van der Waals surface area contributed by atoms with Crippen LogP contribution in [0.15, 0.2) is 91.0 Å². The molecule has 0 aliphatic rings. The molecule has 0 bridgehead atoms. The summed E-state index contributed by atoms with van der Waals surface area (Å²) in [6.07, 6.45) is 3.58. The molecule has 0 saturated carbocycles. The maximum atomic E-state index is 7.99. The topological polar surface area (TPSA) is 0 Å². The Kier molecular flexibility index (Phi) is 5.72. The van der Waals surface area contributed by atoms with Crippen molar-refractivity contribution < 1.29 is 0 Å². The summed E-state index contributed by atoms with van der Waals surface area (Å²) in [6.45, 7) is 2.25. The van der Waals surface area contributed by atoms with Crippen LogP contribution in [0.2, 0.25) is 5.21 Å². The molecular formula is C23H26AsCl. The van der Waals surface area contributed by atoms with E-state index in [4.69, 9.17) is 9.95 Å². The van der Waals surface area contributed by atoms with Crippen molar-refractivity contribution in [2.24, 2.45) is 0 Å². The fraction of sp³-hybridized carbons (Fsp3) is 0.217. The van der Waals surface area contributed by atoms with Gasteiger partial charge in [0, 0.05) is 0 Å². The van der Waals surface area contributed by atoms with Crippen LogP contribution in [0.25, 0.3) is 0 Å². The van der Waals surface area contributed by atoms with Gasteiger partial charge < -0.3 is 0 Å². The minimum absolute atomic E-state index is 1.05. The first kappa shape index (κ1) is 18.3. The Labute approximate surface area is 156 Å². The van der Waals surface area contributed by atoms with Gasteiger partial charge in [0.1, 0.15) is 0 Å². The van der Waals surface area contributed by atoms with E-state index >= 15 is 0 Å². The van der Waals surface area contributed by atoms with E-state index in [0.29, 0.717) is 0 Å². The molecule has 2 heteroatoms. The van der Waals surface area contributed by atoms with Gasteiger partial charge in [-0.25, -0.2) is 0 Å². The van der Waals surface area contributed by atoms with Crippen molar-refractivity contribution in [3.05, 3.63) is 91.0 Å². The Morgan fingerprint density at radius 2 is 0.960 bits per heavy atom. The molecule has 0 unspecified atom stereocenters. The van der Waals surface area contributed by atoms with Gasteiger partial charge in [-0.3, -0.25) is 0 Å². The Morgan fingerprint density at radius 3 is 1.28 bits per heavy atom. The van der Waals surface area contributed by atoms with E-state index < -0.39 is 11.5 Å². The van der Waals surface area contributed by atoms with Crippen molar-refractivity contribution in [1.29, 1.82) is 0 Å². The van der Waals surface area contributed by atoms with Crippen LogP contribution in [-0.2, 0) is 0 Å². The standard InChI is InChI=1S/C23H26AsCl/c1-2-3-13-20-24(25,21-14-7-4-8-15-21,22-16-9-5-10-17-22)23-18-11-6-12-19-23/h4-12,14-19H,2-3,13,20H2,1H3. The molecule has 0 radical (unpaired) electrons. The molecule has 0 saturated heterocycles. The first-order chi connectivity index (χ1) is 12.2. The second kappa shape index (κ2) is 7.81. The van der Waals surface area contributed by atoms with E-state index in [-0.39, 0.29) is 0 Å². The zero-order valence-corrected chi connectivity index (χ0v) is 17.4. The van der Waals surface area contributed by atoms with E-state index in [9.17, 15) is 0 Å². The third-order valence-corrected chi connectivity index (χ3v) is 20.1. The van der Waals surface area contributed by atoms with Gasteiger partial charge in [0.25, 0.3) is 0 Å². The Bertz CT molecular complexity index is 685. The molecule has 0 fully saturated rings. The monoisotopic (exact) mass is 412 g/mol. The van der Waals surface area contributed by atoms with Crippen LogP contribution < -0.4 is 13.1 Å². The molecule has 130 valence electrons. The fourth-order valence-electron chi connectivity index (χ4n) is 3.71. The van der Waals surface area contributed by atoms with Gasteiger partial charge in [-0.2, -0.15) is 0 Å². The van der Waals surface area contributed by atoms with Crippen molar-refractivity contribution in [2.45, 2.75) is 31.4 Å². The van der Waals surface area contributed by atoms with Gasteiger partial charge in [0.2, 0.25) is 0 Å². The summed E-state index contributed by atoms with van der Waals surface area (Å²) in [7, 11) is 7.99. The van der Waals surface area contributed by atoms with Crippen molar-refractivity contribution in [1.82, 2.24) is 0 Å². The average Bonchev–Trinajstić information content (AvgIpc) is 2.70. The zero-order valence-electron chi connectivity index (χ0n) is 14.8. The van der Waals surface area contributed by atoms with Gasteiger partial charge in [-0.15, -0.1) is 0 Å². The van der Waals surface area contributed by atoms with Gasteiger partial charge >= 0.3 is 157 Å². The summed E-state index contributed by atoms with van der Waals surface area (Å²) < 4.78 is 3.95. The molecule has 25 heavy (non-hydrogen) atoms. The molecule has 0 amide bonds. The molecular weight excluding hydrogens is 387 g/mol. The third kappa shape index (κ3) is 3.31. The maximum absolute atomic E-state index is 7.99. The second-order valence-corrected chi connectivity index (χ2v) is 19.6. The number of halogens is 1. The molecule has 3 rings (SSSR count). The van der Waals surface area contributed by atoms with Crippen LogP contribution >= 0.6 is 9.95 Å². The number of hydrogen-bond acceptors (Lipinski definition) is 0. The number of benzene rings is 3. The van der Waals surface area contributed by atoms with E-state index in [0.717, 1.165) is 11.6 Å². The van der Waals surface area contributed by atoms with Gasteiger partial charge in [-0.1, -0.05) is 0 Å². The summed E-state index contributed by atoms with van der Waals surface area (Å²) in [6, 6.07) is 32.5. The second-order valence-electron chi connectivity index (χ2n) is 6.62.